The molecule has 0 amide bonds. The van der Waals surface area contributed by atoms with Crippen LogP contribution in [0.25, 0.3) is 0 Å². The van der Waals surface area contributed by atoms with Crippen molar-refractivity contribution in [2.75, 3.05) is 0 Å². The van der Waals surface area contributed by atoms with E-state index in [1.807, 2.05) is 0 Å². The van der Waals surface area contributed by atoms with Crippen LogP contribution in [0.15, 0.2) is 0 Å². The molecule has 0 aliphatic heterocycles. The zero-order valence-electron chi connectivity index (χ0n) is 16.6. The minimum atomic E-state index is 1.13. The van der Waals surface area contributed by atoms with Crippen LogP contribution in [0, 0.1) is 47.3 Å². The van der Waals surface area contributed by atoms with E-state index >= 15 is 0 Å². The SMILES string of the molecule is C1CCC(C2CCC3CC4CCC(C5CCCCC5)CC4C3C2)CC1. The average Bonchev–Trinajstić information content (AvgIpc) is 3.06. The summed E-state index contributed by atoms with van der Waals surface area (Å²) in [6.07, 6.45) is 27.0. The van der Waals surface area contributed by atoms with Crippen molar-refractivity contribution < 1.29 is 0 Å². The summed E-state index contributed by atoms with van der Waals surface area (Å²) in [5.74, 6) is 9.16. The number of fused-ring (bicyclic) bond motifs is 3. The van der Waals surface area contributed by atoms with Gasteiger partial charge in [0.05, 0.1) is 0 Å². The van der Waals surface area contributed by atoms with Gasteiger partial charge in [-0.15, -0.1) is 0 Å². The first-order valence-electron chi connectivity index (χ1n) is 12.4. The smallest absolute Gasteiger partial charge is 0.0352 e. The Labute approximate surface area is 156 Å². The van der Waals surface area contributed by atoms with Crippen molar-refractivity contribution >= 4 is 0 Å². The van der Waals surface area contributed by atoms with Crippen LogP contribution in [0.5, 0.6) is 0 Å². The van der Waals surface area contributed by atoms with Crippen molar-refractivity contribution in [2.45, 2.75) is 109 Å². The molecule has 5 aliphatic carbocycles. The molecule has 0 spiro atoms. The van der Waals surface area contributed by atoms with Crippen LogP contribution in [-0.4, -0.2) is 0 Å². The van der Waals surface area contributed by atoms with Gasteiger partial charge in [-0.3, -0.25) is 0 Å². The van der Waals surface area contributed by atoms with Gasteiger partial charge in [0, 0.05) is 0 Å². The molecule has 6 unspecified atom stereocenters. The fourth-order valence-electron chi connectivity index (χ4n) is 8.69. The highest BCUT2D eigenvalue weighted by molar-refractivity contribution is 4.99. The molecule has 5 aliphatic rings. The van der Waals surface area contributed by atoms with Gasteiger partial charge >= 0.3 is 0 Å². The zero-order valence-corrected chi connectivity index (χ0v) is 16.6. The third kappa shape index (κ3) is 3.45. The summed E-state index contributed by atoms with van der Waals surface area (Å²) in [5, 5.41) is 0. The van der Waals surface area contributed by atoms with E-state index in [1.54, 1.807) is 96.3 Å². The molecule has 5 saturated carbocycles. The van der Waals surface area contributed by atoms with Crippen LogP contribution in [0.1, 0.15) is 109 Å². The maximum absolute atomic E-state index is 1.66. The highest BCUT2D eigenvalue weighted by Gasteiger charge is 2.49. The maximum atomic E-state index is 1.66. The van der Waals surface area contributed by atoms with E-state index in [-0.39, 0.29) is 0 Å². The van der Waals surface area contributed by atoms with Gasteiger partial charge in [0.25, 0.3) is 0 Å². The molecule has 0 aromatic rings. The van der Waals surface area contributed by atoms with E-state index in [0.29, 0.717) is 0 Å². The Morgan fingerprint density at radius 2 is 0.680 bits per heavy atom. The summed E-state index contributed by atoms with van der Waals surface area (Å²) in [7, 11) is 0. The summed E-state index contributed by atoms with van der Waals surface area (Å²) in [5.41, 5.74) is 0. The first-order valence-corrected chi connectivity index (χ1v) is 12.4. The molecule has 0 radical (unpaired) electrons. The molecule has 5 rings (SSSR count). The third-order valence-corrected chi connectivity index (χ3v) is 9.97. The predicted octanol–water partition coefficient (Wildman–Crippen LogP) is 7.62. The molecule has 5 fully saturated rings. The first kappa shape index (κ1) is 17.1. The molecular formula is C25H42. The summed E-state index contributed by atoms with van der Waals surface area (Å²) in [6, 6.07) is 0. The number of hydrogen-bond donors (Lipinski definition) is 0. The minimum absolute atomic E-state index is 1.13. The molecule has 0 nitrogen and oxygen atoms in total. The van der Waals surface area contributed by atoms with E-state index in [9.17, 15) is 0 Å². The van der Waals surface area contributed by atoms with Gasteiger partial charge in [0.2, 0.25) is 0 Å². The minimum Gasteiger partial charge on any atom is -0.0533 e. The Balaban J connectivity index is 1.24. The van der Waals surface area contributed by atoms with Gasteiger partial charge in [0.15, 0.2) is 0 Å². The Morgan fingerprint density at radius 1 is 0.280 bits per heavy atom. The van der Waals surface area contributed by atoms with Crippen molar-refractivity contribution in [1.29, 1.82) is 0 Å². The highest BCUT2D eigenvalue weighted by Crippen LogP contribution is 2.58. The monoisotopic (exact) mass is 342 g/mol. The quantitative estimate of drug-likeness (QED) is 0.484. The highest BCUT2D eigenvalue weighted by atomic mass is 14.5. The van der Waals surface area contributed by atoms with Gasteiger partial charge in [0.1, 0.15) is 0 Å². The summed E-state index contributed by atoms with van der Waals surface area (Å²) in [6.45, 7) is 0. The largest absolute Gasteiger partial charge is 0.0533 e. The van der Waals surface area contributed by atoms with Crippen LogP contribution in [0.3, 0.4) is 0 Å². The molecule has 0 aromatic heterocycles. The lowest BCUT2D eigenvalue weighted by Crippen LogP contribution is -2.34. The van der Waals surface area contributed by atoms with Gasteiger partial charge in [-0.1, -0.05) is 64.2 Å². The van der Waals surface area contributed by atoms with E-state index in [2.05, 4.69) is 0 Å². The molecule has 142 valence electrons. The Morgan fingerprint density at radius 3 is 1.12 bits per heavy atom. The molecule has 6 atom stereocenters. The fraction of sp³-hybridized carbons (Fsp3) is 1.00. The normalized spacial score (nSPS) is 46.6. The van der Waals surface area contributed by atoms with Gasteiger partial charge in [-0.05, 0) is 92.3 Å². The lowest BCUT2D eigenvalue weighted by atomic mass is 9.62. The van der Waals surface area contributed by atoms with Crippen LogP contribution in [-0.2, 0) is 0 Å². The topological polar surface area (TPSA) is 0 Å². The van der Waals surface area contributed by atoms with Crippen molar-refractivity contribution in [3.05, 3.63) is 0 Å². The molecule has 0 saturated heterocycles. The Bertz CT molecular complexity index is 387. The van der Waals surface area contributed by atoms with E-state index < -0.39 is 0 Å². The second-order valence-electron chi connectivity index (χ2n) is 11.0. The molecule has 25 heavy (non-hydrogen) atoms. The third-order valence-electron chi connectivity index (χ3n) is 9.97. The van der Waals surface area contributed by atoms with Crippen molar-refractivity contribution in [2.24, 2.45) is 47.3 Å². The van der Waals surface area contributed by atoms with E-state index in [4.69, 9.17) is 0 Å². The Hall–Kier alpha value is 0. The first-order chi connectivity index (χ1) is 12.4. The molecular weight excluding hydrogens is 300 g/mol. The second-order valence-corrected chi connectivity index (χ2v) is 11.0. The van der Waals surface area contributed by atoms with Gasteiger partial charge in [-0.2, -0.15) is 0 Å². The van der Waals surface area contributed by atoms with Gasteiger partial charge in [-0.25, -0.2) is 0 Å². The number of rotatable bonds is 2. The molecule has 0 heteroatoms. The summed E-state index contributed by atoms with van der Waals surface area (Å²) < 4.78 is 0. The number of hydrogen-bond acceptors (Lipinski definition) is 0. The second kappa shape index (κ2) is 7.55. The summed E-state index contributed by atoms with van der Waals surface area (Å²) in [4.78, 5) is 0. The molecule has 0 bridgehead atoms. The lowest BCUT2D eigenvalue weighted by molar-refractivity contribution is 0.0702. The van der Waals surface area contributed by atoms with Crippen molar-refractivity contribution in [3.63, 3.8) is 0 Å². The zero-order chi connectivity index (χ0) is 16.6. The van der Waals surface area contributed by atoms with Crippen molar-refractivity contribution in [1.82, 2.24) is 0 Å². The van der Waals surface area contributed by atoms with E-state index in [0.717, 1.165) is 47.3 Å². The van der Waals surface area contributed by atoms with Crippen LogP contribution in [0.2, 0.25) is 0 Å². The predicted molar refractivity (Wildman–Crippen MR) is 106 cm³/mol. The molecule has 0 heterocycles. The van der Waals surface area contributed by atoms with Crippen molar-refractivity contribution in [3.8, 4) is 0 Å². The maximum Gasteiger partial charge on any atom is -0.0352 e. The lowest BCUT2D eigenvalue weighted by Gasteiger charge is -2.43. The van der Waals surface area contributed by atoms with E-state index in [1.165, 1.54) is 12.8 Å². The molecule has 0 N–H and O–H groups in total. The summed E-state index contributed by atoms with van der Waals surface area (Å²) >= 11 is 0. The molecule has 0 aromatic carbocycles. The van der Waals surface area contributed by atoms with Crippen LogP contribution in [0.4, 0.5) is 0 Å². The van der Waals surface area contributed by atoms with Crippen LogP contribution >= 0.6 is 0 Å². The van der Waals surface area contributed by atoms with Crippen LogP contribution < -0.4 is 0 Å². The standard InChI is InChI=1S/C25H42/c1-3-7-18(8-4-1)20-11-13-22-15-23-14-12-21(17-25(23)24(22)16-20)19-9-5-2-6-10-19/h18-25H,1-17H2. The van der Waals surface area contributed by atoms with Gasteiger partial charge < -0.3 is 0 Å². The average molecular weight is 343 g/mol. The fourth-order valence-corrected chi connectivity index (χ4v) is 8.69. The Kier molecular flexibility index (Phi) is 5.17.